The number of hydrogen-bond acceptors (Lipinski definition) is 3. The Morgan fingerprint density at radius 2 is 1.78 bits per heavy atom. The van der Waals surface area contributed by atoms with Crippen LogP contribution in [0.25, 0.3) is 10.8 Å². The largest absolute Gasteiger partial charge is 0.348 e. The molecule has 0 aliphatic carbocycles. The topological polar surface area (TPSA) is 53.8 Å². The number of amides is 1. The molecular formula is C23H23N3O. The number of rotatable bonds is 3. The molecule has 0 atom stereocenters. The zero-order valence-corrected chi connectivity index (χ0v) is 15.9. The van der Waals surface area contributed by atoms with Crippen molar-refractivity contribution in [2.75, 3.05) is 0 Å². The molecule has 4 heteroatoms. The highest BCUT2D eigenvalue weighted by molar-refractivity contribution is 5.98. The normalized spacial score (nSPS) is 13.0. The Morgan fingerprint density at radius 3 is 2.59 bits per heavy atom. The number of benzene rings is 3. The van der Waals surface area contributed by atoms with Crippen LogP contribution in [0.3, 0.4) is 0 Å². The summed E-state index contributed by atoms with van der Waals surface area (Å²) in [6, 6.07) is 18.3. The molecule has 1 heterocycles. The molecule has 0 fully saturated rings. The summed E-state index contributed by atoms with van der Waals surface area (Å²) in [5.41, 5.74) is 5.18. The first-order valence-electron chi connectivity index (χ1n) is 9.22. The van der Waals surface area contributed by atoms with Gasteiger partial charge in [0.15, 0.2) is 0 Å². The number of azo groups is 1. The average Bonchev–Trinajstić information content (AvgIpc) is 3.12. The van der Waals surface area contributed by atoms with E-state index in [1.54, 1.807) is 0 Å². The number of fused-ring (bicyclic) bond motifs is 2. The van der Waals surface area contributed by atoms with Gasteiger partial charge in [0.05, 0.1) is 12.2 Å². The van der Waals surface area contributed by atoms with Crippen LogP contribution in [0.2, 0.25) is 0 Å². The maximum Gasteiger partial charge on any atom is 0.251 e. The molecule has 1 amide bonds. The minimum Gasteiger partial charge on any atom is -0.348 e. The van der Waals surface area contributed by atoms with Gasteiger partial charge >= 0.3 is 0 Å². The van der Waals surface area contributed by atoms with Gasteiger partial charge in [-0.3, -0.25) is 4.79 Å². The first-order chi connectivity index (χ1) is 12.9. The average molecular weight is 357 g/mol. The van der Waals surface area contributed by atoms with E-state index < -0.39 is 0 Å². The van der Waals surface area contributed by atoms with E-state index in [0.717, 1.165) is 27.6 Å². The van der Waals surface area contributed by atoms with E-state index in [-0.39, 0.29) is 11.3 Å². The van der Waals surface area contributed by atoms with Crippen LogP contribution in [0.15, 0.2) is 64.8 Å². The van der Waals surface area contributed by atoms with Crippen LogP contribution in [0.4, 0.5) is 5.69 Å². The third kappa shape index (κ3) is 3.61. The van der Waals surface area contributed by atoms with Gasteiger partial charge in [0.1, 0.15) is 0 Å². The van der Waals surface area contributed by atoms with Crippen LogP contribution in [-0.4, -0.2) is 5.91 Å². The predicted octanol–water partition coefficient (Wildman–Crippen LogP) is 5.66. The highest BCUT2D eigenvalue weighted by atomic mass is 16.1. The van der Waals surface area contributed by atoms with Gasteiger partial charge in [-0.1, -0.05) is 51.1 Å². The first-order valence-corrected chi connectivity index (χ1v) is 9.22. The highest BCUT2D eigenvalue weighted by Crippen LogP contribution is 2.28. The molecule has 0 saturated carbocycles. The van der Waals surface area contributed by atoms with Crippen LogP contribution in [0, 0.1) is 0 Å². The molecule has 0 saturated heterocycles. The Kier molecular flexibility index (Phi) is 4.27. The highest BCUT2D eigenvalue weighted by Gasteiger charge is 2.14. The lowest BCUT2D eigenvalue weighted by Crippen LogP contribution is -2.22. The molecule has 4 rings (SSSR count). The van der Waals surface area contributed by atoms with Crippen molar-refractivity contribution in [1.29, 1.82) is 0 Å². The summed E-state index contributed by atoms with van der Waals surface area (Å²) in [4.78, 5) is 12.6. The number of nitrogens with zero attached hydrogens (tertiary/aromatic N) is 2. The summed E-state index contributed by atoms with van der Waals surface area (Å²) < 4.78 is 0. The zero-order chi connectivity index (χ0) is 19.0. The van der Waals surface area contributed by atoms with Crippen molar-refractivity contribution in [3.05, 3.63) is 76.9 Å². The van der Waals surface area contributed by atoms with Crippen LogP contribution in [0.5, 0.6) is 0 Å². The lowest BCUT2D eigenvalue weighted by atomic mass is 9.86. The molecule has 0 radical (unpaired) electrons. The Labute approximate surface area is 159 Å². The fraction of sp³-hybridized carbons (Fsp3) is 0.261. The summed E-state index contributed by atoms with van der Waals surface area (Å²) in [7, 11) is 0. The predicted molar refractivity (Wildman–Crippen MR) is 108 cm³/mol. The second-order valence-corrected chi connectivity index (χ2v) is 8.07. The standard InChI is InChI=1S/C23H23N3O/c1-23(2,3)20-8-7-16-11-18(6-5-17(16)12-20)22(27)24-13-15-4-9-21-19(10-15)14-25-26-21/h4-12H,13-14H2,1-3H3,(H,24,27). The van der Waals surface area contributed by atoms with Gasteiger partial charge in [0, 0.05) is 17.7 Å². The Bertz CT molecular complexity index is 1060. The molecule has 4 nitrogen and oxygen atoms in total. The molecule has 136 valence electrons. The molecule has 0 bridgehead atoms. The second kappa shape index (κ2) is 6.62. The van der Waals surface area contributed by atoms with Crippen LogP contribution < -0.4 is 5.32 Å². The fourth-order valence-corrected chi connectivity index (χ4v) is 3.30. The van der Waals surface area contributed by atoms with Crippen LogP contribution in [-0.2, 0) is 18.5 Å². The van der Waals surface area contributed by atoms with Gasteiger partial charge in [-0.2, -0.15) is 10.2 Å². The third-order valence-corrected chi connectivity index (χ3v) is 4.98. The quantitative estimate of drug-likeness (QED) is 0.645. The molecule has 1 N–H and O–H groups in total. The van der Waals surface area contributed by atoms with Gasteiger partial charge in [0.25, 0.3) is 5.91 Å². The minimum atomic E-state index is -0.0633. The van der Waals surface area contributed by atoms with Gasteiger partial charge in [-0.15, -0.1) is 0 Å². The van der Waals surface area contributed by atoms with E-state index in [1.165, 1.54) is 5.56 Å². The molecule has 1 aliphatic rings. The van der Waals surface area contributed by atoms with Gasteiger partial charge in [0.2, 0.25) is 0 Å². The lowest BCUT2D eigenvalue weighted by Gasteiger charge is -2.19. The Morgan fingerprint density at radius 1 is 1.00 bits per heavy atom. The second-order valence-electron chi connectivity index (χ2n) is 8.07. The van der Waals surface area contributed by atoms with E-state index >= 15 is 0 Å². The SMILES string of the molecule is CC(C)(C)c1ccc2cc(C(=O)NCc3ccc4c(c3)CN=N4)ccc2c1. The molecular weight excluding hydrogens is 334 g/mol. The number of nitrogens with one attached hydrogen (secondary N) is 1. The van der Waals surface area contributed by atoms with E-state index in [0.29, 0.717) is 18.7 Å². The summed E-state index contributed by atoms with van der Waals surface area (Å²) in [6.45, 7) is 7.73. The molecule has 3 aromatic rings. The smallest absolute Gasteiger partial charge is 0.251 e. The maximum absolute atomic E-state index is 12.6. The summed E-state index contributed by atoms with van der Waals surface area (Å²) in [5.74, 6) is -0.0633. The maximum atomic E-state index is 12.6. The zero-order valence-electron chi connectivity index (χ0n) is 15.9. The van der Waals surface area contributed by atoms with Gasteiger partial charge in [-0.05, 0) is 51.6 Å². The number of hydrogen-bond donors (Lipinski definition) is 1. The van der Waals surface area contributed by atoms with E-state index in [9.17, 15) is 4.79 Å². The Hall–Kier alpha value is -3.01. The van der Waals surface area contributed by atoms with Crippen molar-refractivity contribution < 1.29 is 4.79 Å². The molecule has 0 unspecified atom stereocenters. The van der Waals surface area contributed by atoms with E-state index in [4.69, 9.17) is 0 Å². The van der Waals surface area contributed by atoms with Gasteiger partial charge in [-0.25, -0.2) is 0 Å². The van der Waals surface area contributed by atoms with Crippen molar-refractivity contribution >= 4 is 22.4 Å². The monoisotopic (exact) mass is 357 g/mol. The summed E-state index contributed by atoms with van der Waals surface area (Å²) >= 11 is 0. The third-order valence-electron chi connectivity index (χ3n) is 4.98. The fourth-order valence-electron chi connectivity index (χ4n) is 3.30. The first kappa shape index (κ1) is 17.4. The minimum absolute atomic E-state index is 0.0633. The lowest BCUT2D eigenvalue weighted by molar-refractivity contribution is 0.0951. The molecule has 1 aliphatic heterocycles. The molecule has 0 aromatic heterocycles. The van der Waals surface area contributed by atoms with Crippen molar-refractivity contribution in [2.45, 2.75) is 39.3 Å². The molecule has 0 spiro atoms. The van der Waals surface area contributed by atoms with Crippen molar-refractivity contribution in [2.24, 2.45) is 10.2 Å². The summed E-state index contributed by atoms with van der Waals surface area (Å²) in [6.07, 6.45) is 0. The number of carbonyl (C=O) groups is 1. The number of carbonyl (C=O) groups excluding carboxylic acids is 1. The van der Waals surface area contributed by atoms with Crippen molar-refractivity contribution in [1.82, 2.24) is 5.32 Å². The van der Waals surface area contributed by atoms with Crippen LogP contribution in [0.1, 0.15) is 47.8 Å². The van der Waals surface area contributed by atoms with E-state index in [1.807, 2.05) is 30.3 Å². The molecule has 27 heavy (non-hydrogen) atoms. The summed E-state index contributed by atoms with van der Waals surface area (Å²) in [5, 5.41) is 13.3. The molecule has 3 aromatic carbocycles. The van der Waals surface area contributed by atoms with E-state index in [2.05, 4.69) is 60.6 Å². The van der Waals surface area contributed by atoms with Crippen molar-refractivity contribution in [3.63, 3.8) is 0 Å². The van der Waals surface area contributed by atoms with Crippen LogP contribution >= 0.6 is 0 Å². The van der Waals surface area contributed by atoms with Crippen molar-refractivity contribution in [3.8, 4) is 0 Å². The Balaban J connectivity index is 1.49. The van der Waals surface area contributed by atoms with Gasteiger partial charge < -0.3 is 5.32 Å².